The van der Waals surface area contributed by atoms with Crippen LogP contribution in [0.4, 0.5) is 0 Å². The van der Waals surface area contributed by atoms with Crippen molar-refractivity contribution in [2.24, 2.45) is 0 Å². The van der Waals surface area contributed by atoms with Crippen LogP contribution in [0.3, 0.4) is 0 Å². The van der Waals surface area contributed by atoms with Crippen LogP contribution in [0, 0.1) is 11.3 Å². The number of hydrogen-bond donors (Lipinski definition) is 3. The molecule has 0 aliphatic heterocycles. The third kappa shape index (κ3) is 4.51. The second-order valence-electron chi connectivity index (χ2n) is 4.27. The van der Waals surface area contributed by atoms with Crippen LogP contribution in [0.1, 0.15) is 12.5 Å². The SMILES string of the molecule is CCNC(C#N)(CSCC(O)CO)c1ccccc1. The molecule has 1 aromatic rings. The number of rotatable bonds is 8. The fraction of sp³-hybridized carbons (Fsp3) is 0.500. The lowest BCUT2D eigenvalue weighted by Gasteiger charge is -2.28. The van der Waals surface area contributed by atoms with Crippen molar-refractivity contribution in [2.45, 2.75) is 18.6 Å². The van der Waals surface area contributed by atoms with Gasteiger partial charge in [-0.3, -0.25) is 5.32 Å². The summed E-state index contributed by atoms with van der Waals surface area (Å²) in [6.07, 6.45) is -0.737. The molecule has 3 N–H and O–H groups in total. The van der Waals surface area contributed by atoms with Gasteiger partial charge in [0, 0.05) is 11.5 Å². The van der Waals surface area contributed by atoms with E-state index in [0.29, 0.717) is 18.1 Å². The molecule has 0 bridgehead atoms. The van der Waals surface area contributed by atoms with Crippen LogP contribution in [-0.2, 0) is 5.54 Å². The van der Waals surface area contributed by atoms with Gasteiger partial charge in [-0.2, -0.15) is 17.0 Å². The summed E-state index contributed by atoms with van der Waals surface area (Å²) >= 11 is 1.46. The molecule has 104 valence electrons. The van der Waals surface area contributed by atoms with Crippen molar-refractivity contribution in [1.29, 1.82) is 5.26 Å². The predicted octanol–water partition coefficient (Wildman–Crippen LogP) is 1.10. The molecule has 5 heteroatoms. The van der Waals surface area contributed by atoms with E-state index in [1.807, 2.05) is 37.3 Å². The lowest BCUT2D eigenvalue weighted by molar-refractivity contribution is 0.113. The molecule has 19 heavy (non-hydrogen) atoms. The first kappa shape index (κ1) is 16.0. The van der Waals surface area contributed by atoms with E-state index < -0.39 is 11.6 Å². The molecule has 2 unspecified atom stereocenters. The van der Waals surface area contributed by atoms with Gasteiger partial charge in [0.2, 0.25) is 0 Å². The smallest absolute Gasteiger partial charge is 0.141 e. The monoisotopic (exact) mass is 280 g/mol. The van der Waals surface area contributed by atoms with E-state index in [1.165, 1.54) is 11.8 Å². The molecule has 0 aromatic heterocycles. The molecule has 0 saturated heterocycles. The molecule has 0 aliphatic rings. The molecule has 1 rings (SSSR count). The Kier molecular flexibility index (Phi) is 6.89. The highest BCUT2D eigenvalue weighted by Gasteiger charge is 2.31. The van der Waals surface area contributed by atoms with Crippen molar-refractivity contribution in [3.63, 3.8) is 0 Å². The highest BCUT2D eigenvalue weighted by Crippen LogP contribution is 2.25. The molecule has 0 aliphatic carbocycles. The average Bonchev–Trinajstić information content (AvgIpc) is 2.47. The molecular formula is C14H20N2O2S. The summed E-state index contributed by atoms with van der Waals surface area (Å²) in [4.78, 5) is 0. The Bertz CT molecular complexity index is 408. The molecule has 0 heterocycles. The van der Waals surface area contributed by atoms with Gasteiger partial charge in [-0.1, -0.05) is 37.3 Å². The highest BCUT2D eigenvalue weighted by atomic mass is 32.2. The van der Waals surface area contributed by atoms with Crippen molar-refractivity contribution in [3.05, 3.63) is 35.9 Å². The van der Waals surface area contributed by atoms with Gasteiger partial charge in [-0.05, 0) is 12.1 Å². The predicted molar refractivity (Wildman–Crippen MR) is 77.8 cm³/mol. The zero-order valence-corrected chi connectivity index (χ0v) is 11.9. The van der Waals surface area contributed by atoms with Gasteiger partial charge in [0.05, 0.1) is 18.8 Å². The summed E-state index contributed by atoms with van der Waals surface area (Å²) in [5.41, 5.74) is 0.167. The van der Waals surface area contributed by atoms with Crippen LogP contribution in [0.25, 0.3) is 0 Å². The van der Waals surface area contributed by atoms with Crippen molar-refractivity contribution in [1.82, 2.24) is 5.32 Å². The Balaban J connectivity index is 2.79. The average molecular weight is 280 g/mol. The zero-order valence-electron chi connectivity index (χ0n) is 11.0. The van der Waals surface area contributed by atoms with Crippen LogP contribution < -0.4 is 5.32 Å². The minimum atomic E-state index is -0.754. The molecule has 0 saturated carbocycles. The molecule has 0 amide bonds. The first-order chi connectivity index (χ1) is 9.18. The topological polar surface area (TPSA) is 76.3 Å². The maximum Gasteiger partial charge on any atom is 0.141 e. The fourth-order valence-corrected chi connectivity index (χ4v) is 2.93. The van der Waals surface area contributed by atoms with E-state index in [0.717, 1.165) is 5.56 Å². The number of aliphatic hydroxyl groups excluding tert-OH is 2. The Hall–Kier alpha value is -1.06. The van der Waals surface area contributed by atoms with Crippen LogP contribution >= 0.6 is 11.8 Å². The second kappa shape index (κ2) is 8.18. The van der Waals surface area contributed by atoms with Crippen LogP contribution in [0.5, 0.6) is 0 Å². The van der Waals surface area contributed by atoms with Gasteiger partial charge < -0.3 is 10.2 Å². The summed E-state index contributed by atoms with van der Waals surface area (Å²) in [5, 5.41) is 30.9. The Labute approximate surface area is 118 Å². The first-order valence-electron chi connectivity index (χ1n) is 6.27. The summed E-state index contributed by atoms with van der Waals surface area (Å²) in [5.74, 6) is 0.941. The number of aliphatic hydroxyl groups is 2. The zero-order chi connectivity index (χ0) is 14.1. The van der Waals surface area contributed by atoms with E-state index in [-0.39, 0.29) is 6.61 Å². The van der Waals surface area contributed by atoms with Crippen molar-refractivity contribution < 1.29 is 10.2 Å². The number of nitrogens with zero attached hydrogens (tertiary/aromatic N) is 1. The second-order valence-corrected chi connectivity index (χ2v) is 5.30. The maximum atomic E-state index is 9.55. The number of nitrogens with one attached hydrogen (secondary N) is 1. The molecule has 0 spiro atoms. The number of thioether (sulfide) groups is 1. The quantitative estimate of drug-likeness (QED) is 0.665. The van der Waals surface area contributed by atoms with E-state index >= 15 is 0 Å². The van der Waals surface area contributed by atoms with Crippen molar-refractivity contribution >= 4 is 11.8 Å². The van der Waals surface area contributed by atoms with E-state index in [2.05, 4.69) is 11.4 Å². The number of hydrogen-bond acceptors (Lipinski definition) is 5. The van der Waals surface area contributed by atoms with Crippen LogP contribution in [0.2, 0.25) is 0 Å². The Morgan fingerprint density at radius 3 is 2.63 bits per heavy atom. The van der Waals surface area contributed by atoms with Gasteiger partial charge in [0.1, 0.15) is 5.54 Å². The maximum absolute atomic E-state index is 9.55. The fourth-order valence-electron chi connectivity index (χ4n) is 1.80. The van der Waals surface area contributed by atoms with Crippen LogP contribution in [0.15, 0.2) is 30.3 Å². The molecule has 4 nitrogen and oxygen atoms in total. The largest absolute Gasteiger partial charge is 0.394 e. The summed E-state index contributed by atoms with van der Waals surface area (Å²) in [6.45, 7) is 2.40. The summed E-state index contributed by atoms with van der Waals surface area (Å²) in [7, 11) is 0. The van der Waals surface area contributed by atoms with Crippen molar-refractivity contribution in [2.75, 3.05) is 24.7 Å². The molecule has 2 atom stereocenters. The normalized spacial score (nSPS) is 15.5. The van der Waals surface area contributed by atoms with Gasteiger partial charge in [0.15, 0.2) is 0 Å². The lowest BCUT2D eigenvalue weighted by atomic mass is 9.93. The minimum Gasteiger partial charge on any atom is -0.394 e. The van der Waals surface area contributed by atoms with Gasteiger partial charge in [0.25, 0.3) is 0 Å². The van der Waals surface area contributed by atoms with E-state index in [9.17, 15) is 10.4 Å². The standard InChI is InChI=1S/C14H20N2O2S/c1-2-16-14(10-15,11-19-9-13(18)8-17)12-6-4-3-5-7-12/h3-7,13,16-18H,2,8-9,11H2,1H3. The van der Waals surface area contributed by atoms with Gasteiger partial charge in [-0.15, -0.1) is 0 Å². The summed E-state index contributed by atoms with van der Waals surface area (Å²) in [6, 6.07) is 11.9. The number of nitriles is 1. The lowest BCUT2D eigenvalue weighted by Crippen LogP contribution is -2.43. The van der Waals surface area contributed by atoms with Crippen LogP contribution in [-0.4, -0.2) is 41.0 Å². The molecule has 0 radical (unpaired) electrons. The molecule has 1 aromatic carbocycles. The molecule has 0 fully saturated rings. The Morgan fingerprint density at radius 1 is 1.42 bits per heavy atom. The number of benzene rings is 1. The van der Waals surface area contributed by atoms with E-state index in [4.69, 9.17) is 5.11 Å². The first-order valence-corrected chi connectivity index (χ1v) is 7.42. The van der Waals surface area contributed by atoms with Gasteiger partial charge in [-0.25, -0.2) is 0 Å². The third-order valence-electron chi connectivity index (χ3n) is 2.78. The summed E-state index contributed by atoms with van der Waals surface area (Å²) < 4.78 is 0. The highest BCUT2D eigenvalue weighted by molar-refractivity contribution is 7.99. The van der Waals surface area contributed by atoms with Crippen molar-refractivity contribution in [3.8, 4) is 6.07 Å². The molecular weight excluding hydrogens is 260 g/mol. The third-order valence-corrected chi connectivity index (χ3v) is 4.03. The Morgan fingerprint density at radius 2 is 2.11 bits per heavy atom. The van der Waals surface area contributed by atoms with E-state index in [1.54, 1.807) is 0 Å². The minimum absolute atomic E-state index is 0.251. The van der Waals surface area contributed by atoms with Gasteiger partial charge >= 0.3 is 0 Å².